The number of aliphatic hydroxyl groups excluding tert-OH is 2. The van der Waals surface area contributed by atoms with Crippen LogP contribution in [0.4, 0.5) is 0 Å². The summed E-state index contributed by atoms with van der Waals surface area (Å²) in [4.78, 5) is 0. The van der Waals surface area contributed by atoms with Crippen LogP contribution in [0.5, 0.6) is 23.0 Å². The zero-order chi connectivity index (χ0) is 38.0. The molecule has 6 nitrogen and oxygen atoms in total. The molecule has 0 bridgehead atoms. The molecule has 2 unspecified atom stereocenters. The normalized spacial score (nSPS) is 12.8. The molecular formula is C46H46O6S2. The molecule has 54 heavy (non-hydrogen) atoms. The number of rotatable bonds is 17. The molecule has 6 rings (SSSR count). The molecule has 8 heteroatoms. The first kappa shape index (κ1) is 38.9. The highest BCUT2D eigenvalue weighted by Gasteiger charge is 2.45. The monoisotopic (exact) mass is 758 g/mol. The van der Waals surface area contributed by atoms with E-state index in [-0.39, 0.29) is 0 Å². The Balaban J connectivity index is 1.35. The van der Waals surface area contributed by atoms with E-state index in [0.717, 1.165) is 56.4 Å². The summed E-state index contributed by atoms with van der Waals surface area (Å²) < 4.78 is 22.0. The molecule has 0 saturated carbocycles. The summed E-state index contributed by atoms with van der Waals surface area (Å²) in [6.45, 7) is 0. The van der Waals surface area contributed by atoms with Crippen molar-refractivity contribution in [2.75, 3.05) is 39.9 Å². The maximum atomic E-state index is 12.5. The number of aliphatic hydroxyl groups is 2. The Morgan fingerprint density at radius 1 is 0.370 bits per heavy atom. The maximum Gasteiger partial charge on any atom is 0.118 e. The molecule has 6 aromatic rings. The van der Waals surface area contributed by atoms with Crippen LogP contribution in [0.2, 0.25) is 0 Å². The van der Waals surface area contributed by atoms with Crippen molar-refractivity contribution in [1.29, 1.82) is 0 Å². The molecule has 2 atom stereocenters. The fourth-order valence-corrected chi connectivity index (χ4v) is 9.75. The van der Waals surface area contributed by atoms with E-state index < -0.39 is 23.0 Å². The molecule has 0 fully saturated rings. The standard InChI is InChI=1S/C46H46O6S2/c1-49-39-23-15-35(16-24-39)45(33-11-7-5-8-12-33,36-17-25-40(50-2)26-18-36)43(47)31-53-54-32-44(48)46(34-13-9-6-10-14-34,37-19-27-41(51-3)28-20-37)38-21-29-42(52-4)30-22-38/h5-30,43-44,47-48H,31-32H2,1-4H3. The molecule has 0 heterocycles. The molecule has 0 aromatic heterocycles. The molecule has 0 radical (unpaired) electrons. The van der Waals surface area contributed by atoms with Gasteiger partial charge in [-0.25, -0.2) is 0 Å². The van der Waals surface area contributed by atoms with Gasteiger partial charge in [0.15, 0.2) is 0 Å². The number of hydrogen-bond acceptors (Lipinski definition) is 8. The van der Waals surface area contributed by atoms with E-state index in [1.807, 2.05) is 133 Å². The minimum absolute atomic E-state index is 0.369. The SMILES string of the molecule is COc1ccc(C(c2ccccc2)(c2ccc(OC)cc2)C(O)CSSCC(O)C(c2ccccc2)(c2ccc(OC)cc2)c2ccc(OC)cc2)cc1. The number of benzene rings is 6. The zero-order valence-corrected chi connectivity index (χ0v) is 32.6. The molecule has 6 aromatic carbocycles. The van der Waals surface area contributed by atoms with Gasteiger partial charge in [0.25, 0.3) is 0 Å². The van der Waals surface area contributed by atoms with Gasteiger partial charge in [-0.15, -0.1) is 0 Å². The van der Waals surface area contributed by atoms with E-state index in [0.29, 0.717) is 11.5 Å². The lowest BCUT2D eigenvalue weighted by Crippen LogP contribution is -2.44. The van der Waals surface area contributed by atoms with E-state index >= 15 is 0 Å². The van der Waals surface area contributed by atoms with E-state index in [2.05, 4.69) is 24.3 Å². The largest absolute Gasteiger partial charge is 0.497 e. The Kier molecular flexibility index (Phi) is 12.9. The van der Waals surface area contributed by atoms with Crippen molar-refractivity contribution in [2.24, 2.45) is 0 Å². The van der Waals surface area contributed by atoms with Gasteiger partial charge >= 0.3 is 0 Å². The van der Waals surface area contributed by atoms with Gasteiger partial charge in [-0.05, 0) is 81.9 Å². The van der Waals surface area contributed by atoms with Crippen LogP contribution < -0.4 is 18.9 Å². The lowest BCUT2D eigenvalue weighted by atomic mass is 9.66. The summed E-state index contributed by atoms with van der Waals surface area (Å²) in [5.41, 5.74) is 3.79. The summed E-state index contributed by atoms with van der Waals surface area (Å²) in [5.74, 6) is 3.68. The lowest BCUT2D eigenvalue weighted by molar-refractivity contribution is 0.143. The van der Waals surface area contributed by atoms with Gasteiger partial charge < -0.3 is 29.2 Å². The second-order valence-electron chi connectivity index (χ2n) is 12.9. The highest BCUT2D eigenvalue weighted by Crippen LogP contribution is 2.47. The van der Waals surface area contributed by atoms with Gasteiger partial charge in [0, 0.05) is 11.5 Å². The summed E-state index contributed by atoms with van der Waals surface area (Å²) in [6.07, 6.45) is -1.73. The van der Waals surface area contributed by atoms with Crippen molar-refractivity contribution in [2.45, 2.75) is 23.0 Å². The van der Waals surface area contributed by atoms with Crippen LogP contribution in [-0.2, 0) is 10.8 Å². The highest BCUT2D eigenvalue weighted by molar-refractivity contribution is 8.76. The number of ether oxygens (including phenoxy) is 4. The van der Waals surface area contributed by atoms with Gasteiger partial charge in [0.2, 0.25) is 0 Å². The Bertz CT molecular complexity index is 1780. The van der Waals surface area contributed by atoms with Crippen LogP contribution in [0, 0.1) is 0 Å². The average Bonchev–Trinajstić information content (AvgIpc) is 3.24. The van der Waals surface area contributed by atoms with Crippen molar-refractivity contribution < 1.29 is 29.2 Å². The third-order valence-corrected chi connectivity index (χ3v) is 12.6. The molecule has 0 spiro atoms. The highest BCUT2D eigenvalue weighted by atomic mass is 33.1. The Labute approximate surface area is 326 Å². The van der Waals surface area contributed by atoms with Crippen molar-refractivity contribution in [1.82, 2.24) is 0 Å². The third-order valence-electron chi connectivity index (χ3n) is 10.2. The van der Waals surface area contributed by atoms with Gasteiger partial charge in [-0.2, -0.15) is 0 Å². The van der Waals surface area contributed by atoms with Gasteiger partial charge in [-0.1, -0.05) is 131 Å². The zero-order valence-electron chi connectivity index (χ0n) is 30.9. The summed E-state index contributed by atoms with van der Waals surface area (Å²) >= 11 is 0. The lowest BCUT2D eigenvalue weighted by Gasteiger charge is -2.41. The van der Waals surface area contributed by atoms with Crippen LogP contribution in [0.15, 0.2) is 158 Å². The third kappa shape index (κ3) is 7.70. The van der Waals surface area contributed by atoms with E-state index in [9.17, 15) is 10.2 Å². The molecular weight excluding hydrogens is 713 g/mol. The van der Waals surface area contributed by atoms with Gasteiger partial charge in [-0.3, -0.25) is 0 Å². The Morgan fingerprint density at radius 2 is 0.593 bits per heavy atom. The average molecular weight is 759 g/mol. The van der Waals surface area contributed by atoms with E-state index in [1.165, 1.54) is 0 Å². The summed E-state index contributed by atoms with van der Waals surface area (Å²) in [6, 6.07) is 51.9. The van der Waals surface area contributed by atoms with Crippen LogP contribution >= 0.6 is 21.6 Å². The van der Waals surface area contributed by atoms with E-state index in [4.69, 9.17) is 18.9 Å². The fourth-order valence-electron chi connectivity index (χ4n) is 7.45. The van der Waals surface area contributed by atoms with Gasteiger partial charge in [0.05, 0.1) is 51.5 Å². The second kappa shape index (κ2) is 18.0. The summed E-state index contributed by atoms with van der Waals surface area (Å²) in [7, 11) is 9.69. The first-order chi connectivity index (χ1) is 26.4. The van der Waals surface area contributed by atoms with Gasteiger partial charge in [0.1, 0.15) is 23.0 Å². The van der Waals surface area contributed by atoms with Crippen LogP contribution in [0.1, 0.15) is 33.4 Å². The topological polar surface area (TPSA) is 77.4 Å². The first-order valence-corrected chi connectivity index (χ1v) is 20.2. The van der Waals surface area contributed by atoms with Crippen LogP contribution in [0.25, 0.3) is 0 Å². The Hall–Kier alpha value is -4.86. The molecule has 0 saturated heterocycles. The molecule has 0 aliphatic heterocycles. The number of hydrogen-bond donors (Lipinski definition) is 2. The minimum atomic E-state index is -0.925. The molecule has 0 aliphatic rings. The fraction of sp³-hybridized carbons (Fsp3) is 0.217. The molecule has 278 valence electrons. The predicted molar refractivity (Wildman–Crippen MR) is 222 cm³/mol. The molecule has 0 aliphatic carbocycles. The smallest absolute Gasteiger partial charge is 0.118 e. The maximum absolute atomic E-state index is 12.5. The van der Waals surface area contributed by atoms with E-state index in [1.54, 1.807) is 50.0 Å². The van der Waals surface area contributed by atoms with Crippen molar-refractivity contribution in [3.05, 3.63) is 191 Å². The second-order valence-corrected chi connectivity index (χ2v) is 15.4. The van der Waals surface area contributed by atoms with Crippen LogP contribution in [0.3, 0.4) is 0 Å². The van der Waals surface area contributed by atoms with Crippen molar-refractivity contribution >= 4 is 21.6 Å². The molecule has 0 amide bonds. The molecule has 2 N–H and O–H groups in total. The summed E-state index contributed by atoms with van der Waals surface area (Å²) in [5, 5.41) is 25.1. The predicted octanol–water partition coefficient (Wildman–Crippen LogP) is 9.19. The van der Waals surface area contributed by atoms with Crippen molar-refractivity contribution in [3.8, 4) is 23.0 Å². The quantitative estimate of drug-likeness (QED) is 0.0542. The first-order valence-electron chi connectivity index (χ1n) is 17.7. The minimum Gasteiger partial charge on any atom is -0.497 e. The Morgan fingerprint density at radius 3 is 0.815 bits per heavy atom. The van der Waals surface area contributed by atoms with Crippen molar-refractivity contribution in [3.63, 3.8) is 0 Å². The number of methoxy groups -OCH3 is 4. The van der Waals surface area contributed by atoms with Crippen LogP contribution in [-0.4, -0.2) is 62.4 Å².